The summed E-state index contributed by atoms with van der Waals surface area (Å²) in [6.07, 6.45) is 8.44. The molecule has 1 N–H and O–H groups in total. The van der Waals surface area contributed by atoms with Gasteiger partial charge in [-0.3, -0.25) is 4.79 Å². The Morgan fingerprint density at radius 2 is 1.71 bits per heavy atom. The van der Waals surface area contributed by atoms with Gasteiger partial charge in [-0.15, -0.1) is 12.4 Å². The Bertz CT molecular complexity index is 2120. The van der Waals surface area contributed by atoms with Crippen molar-refractivity contribution < 1.29 is 32.6 Å². The molecule has 52 heavy (non-hydrogen) atoms. The molecule has 3 fully saturated rings. The van der Waals surface area contributed by atoms with Crippen LogP contribution in [0.2, 0.25) is 0 Å². The Balaban J connectivity index is 0.00000420. The van der Waals surface area contributed by atoms with E-state index in [9.17, 15) is 23.1 Å². The molecule has 0 bridgehead atoms. The van der Waals surface area contributed by atoms with Gasteiger partial charge in [-0.1, -0.05) is 25.3 Å². The summed E-state index contributed by atoms with van der Waals surface area (Å²) in [6, 6.07) is 17.5. The smallest absolute Gasteiger partial charge is 0.335 e. The minimum atomic E-state index is -3.26. The quantitative estimate of drug-likeness (QED) is 0.213. The number of amides is 1. The number of rotatable bonds is 8. The molecule has 1 saturated carbocycles. The van der Waals surface area contributed by atoms with Crippen LogP contribution in [0.15, 0.2) is 54.6 Å². The number of anilines is 2. The van der Waals surface area contributed by atoms with Crippen LogP contribution in [-0.2, 0) is 28.0 Å². The Morgan fingerprint density at radius 1 is 0.923 bits per heavy atom. The maximum absolute atomic E-state index is 12.6. The predicted octanol–water partition coefficient (Wildman–Crippen LogP) is 6.66. The van der Waals surface area contributed by atoms with Crippen molar-refractivity contribution in [3.8, 4) is 22.8 Å². The molecular weight excluding hydrogens is 704 g/mol. The van der Waals surface area contributed by atoms with Crippen molar-refractivity contribution in [3.05, 3.63) is 71.3 Å². The van der Waals surface area contributed by atoms with E-state index in [-0.39, 0.29) is 30.5 Å². The van der Waals surface area contributed by atoms with E-state index in [1.165, 1.54) is 35.4 Å². The average Bonchev–Trinajstić information content (AvgIpc) is 3.65. The number of aromatic carboxylic acids is 1. The van der Waals surface area contributed by atoms with Crippen LogP contribution in [-0.4, -0.2) is 79.9 Å². The van der Waals surface area contributed by atoms with Gasteiger partial charge in [0.1, 0.15) is 24.7 Å². The highest BCUT2D eigenvalue weighted by Crippen LogP contribution is 2.48. The van der Waals surface area contributed by atoms with Crippen molar-refractivity contribution in [2.24, 2.45) is 0 Å². The summed E-state index contributed by atoms with van der Waals surface area (Å²) < 4.78 is 41.0. The number of hydrogen-bond donors (Lipinski definition) is 1. The Labute approximate surface area is 310 Å². The molecule has 3 aliphatic heterocycles. The standard InChI is InChI=1S/C39H44N4O7S.ClH/c1-51(47,48)41-18-16-40(17-19-41)33-14-10-29(42-15-5-8-36(42)44)22-28(33)25-50-30-11-13-32-35(24-30)49-21-20-43-34-23-27(39(45)46)9-12-31(34)37(38(32)43)26-6-3-2-4-7-26;/h9-14,22-24,26H,2-8,15-21,25H2,1H3,(H,45,46);1H. The lowest BCUT2D eigenvalue weighted by molar-refractivity contribution is -0.117. The molecule has 4 aliphatic rings. The first-order valence-corrected chi connectivity index (χ1v) is 19.9. The van der Waals surface area contributed by atoms with E-state index >= 15 is 0 Å². The van der Waals surface area contributed by atoms with Gasteiger partial charge in [0.25, 0.3) is 0 Å². The summed E-state index contributed by atoms with van der Waals surface area (Å²) in [4.78, 5) is 28.6. The molecule has 3 aromatic carbocycles. The molecule has 276 valence electrons. The van der Waals surface area contributed by atoms with Crippen molar-refractivity contribution in [1.29, 1.82) is 0 Å². The van der Waals surface area contributed by atoms with Crippen molar-refractivity contribution in [3.63, 3.8) is 0 Å². The lowest BCUT2D eigenvalue weighted by Gasteiger charge is -2.36. The second-order valence-electron chi connectivity index (χ2n) is 14.2. The Kier molecular flexibility index (Phi) is 10.2. The number of nitrogens with zero attached hydrogens (tertiary/aromatic N) is 4. The summed E-state index contributed by atoms with van der Waals surface area (Å²) in [5, 5.41) is 10.9. The third kappa shape index (κ3) is 6.83. The molecule has 13 heteroatoms. The molecule has 0 unspecified atom stereocenters. The topological polar surface area (TPSA) is 122 Å². The predicted molar refractivity (Wildman–Crippen MR) is 204 cm³/mol. The lowest BCUT2D eigenvalue weighted by atomic mass is 9.81. The van der Waals surface area contributed by atoms with Gasteiger partial charge >= 0.3 is 5.97 Å². The van der Waals surface area contributed by atoms with Crippen LogP contribution in [0.4, 0.5) is 11.4 Å². The van der Waals surface area contributed by atoms with Crippen LogP contribution >= 0.6 is 12.4 Å². The van der Waals surface area contributed by atoms with Gasteiger partial charge in [-0.05, 0) is 73.2 Å². The number of aromatic nitrogens is 1. The SMILES string of the molecule is CS(=O)(=O)N1CCN(c2ccc(N3CCCC3=O)cc2COc2ccc3c(c2)OCCn2c-3c(C3CCCCC3)c3ccc(C(=O)O)cc32)CC1.Cl. The summed E-state index contributed by atoms with van der Waals surface area (Å²) in [7, 11) is -3.26. The maximum Gasteiger partial charge on any atom is 0.335 e. The lowest BCUT2D eigenvalue weighted by Crippen LogP contribution is -2.48. The van der Waals surface area contributed by atoms with E-state index < -0.39 is 16.0 Å². The fourth-order valence-electron chi connectivity index (χ4n) is 8.50. The number of piperazine rings is 1. The molecule has 4 aromatic rings. The molecule has 0 spiro atoms. The number of sulfonamides is 1. The van der Waals surface area contributed by atoms with Crippen molar-refractivity contribution >= 4 is 56.6 Å². The van der Waals surface area contributed by atoms with E-state index in [1.54, 1.807) is 12.1 Å². The first kappa shape index (κ1) is 36.1. The monoisotopic (exact) mass is 748 g/mol. The minimum Gasteiger partial charge on any atom is -0.491 e. The third-order valence-corrected chi connectivity index (χ3v) is 12.3. The zero-order valence-electron chi connectivity index (χ0n) is 29.4. The molecule has 0 radical (unpaired) electrons. The fraction of sp³-hybridized carbons (Fsp3) is 0.436. The number of hydrogen-bond acceptors (Lipinski definition) is 7. The highest BCUT2D eigenvalue weighted by atomic mass is 35.5. The van der Waals surface area contributed by atoms with Crippen LogP contribution < -0.4 is 19.3 Å². The van der Waals surface area contributed by atoms with Gasteiger partial charge in [0.15, 0.2) is 0 Å². The third-order valence-electron chi connectivity index (χ3n) is 11.0. The molecule has 11 nitrogen and oxygen atoms in total. The van der Waals surface area contributed by atoms with Crippen molar-refractivity contribution in [2.75, 3.05) is 55.4 Å². The van der Waals surface area contributed by atoms with Crippen molar-refractivity contribution in [2.45, 2.75) is 64.0 Å². The molecule has 1 amide bonds. The summed E-state index contributed by atoms with van der Waals surface area (Å²) >= 11 is 0. The van der Waals surface area contributed by atoms with Crippen LogP contribution in [0.3, 0.4) is 0 Å². The van der Waals surface area contributed by atoms with E-state index in [2.05, 4.69) is 15.5 Å². The van der Waals surface area contributed by atoms with Gasteiger partial charge in [0.2, 0.25) is 15.9 Å². The van der Waals surface area contributed by atoms with Gasteiger partial charge in [0, 0.05) is 78.6 Å². The molecule has 1 aliphatic carbocycles. The average molecular weight is 749 g/mol. The summed E-state index contributed by atoms with van der Waals surface area (Å²) in [5.41, 5.74) is 7.32. The Morgan fingerprint density at radius 3 is 2.42 bits per heavy atom. The van der Waals surface area contributed by atoms with Crippen LogP contribution in [0, 0.1) is 0 Å². The van der Waals surface area contributed by atoms with Gasteiger partial charge in [-0.25, -0.2) is 13.2 Å². The highest BCUT2D eigenvalue weighted by molar-refractivity contribution is 7.88. The minimum absolute atomic E-state index is 0. The number of fused-ring (bicyclic) bond motifs is 5. The van der Waals surface area contributed by atoms with Gasteiger partial charge in [-0.2, -0.15) is 4.31 Å². The summed E-state index contributed by atoms with van der Waals surface area (Å²) in [5.74, 6) is 0.959. The number of benzene rings is 3. The molecular formula is C39H45ClN4O7S. The molecule has 4 heterocycles. The second-order valence-corrected chi connectivity index (χ2v) is 16.2. The normalized spacial score (nSPS) is 18.4. The zero-order chi connectivity index (χ0) is 35.3. The van der Waals surface area contributed by atoms with E-state index in [0.717, 1.165) is 64.1 Å². The second kappa shape index (κ2) is 14.6. The first-order chi connectivity index (χ1) is 24.7. The van der Waals surface area contributed by atoms with E-state index in [0.29, 0.717) is 64.0 Å². The van der Waals surface area contributed by atoms with Crippen molar-refractivity contribution in [1.82, 2.24) is 8.87 Å². The summed E-state index contributed by atoms with van der Waals surface area (Å²) in [6.45, 7) is 3.90. The first-order valence-electron chi connectivity index (χ1n) is 18.1. The number of carboxylic acid groups (broad SMARTS) is 1. The molecule has 2 saturated heterocycles. The largest absolute Gasteiger partial charge is 0.491 e. The zero-order valence-corrected chi connectivity index (χ0v) is 31.0. The molecule has 1 aromatic heterocycles. The van der Waals surface area contributed by atoms with Gasteiger partial charge in [0.05, 0.1) is 24.1 Å². The van der Waals surface area contributed by atoms with Crippen LogP contribution in [0.1, 0.15) is 72.3 Å². The van der Waals surface area contributed by atoms with E-state index in [1.807, 2.05) is 41.3 Å². The van der Waals surface area contributed by atoms with Crippen LogP contribution in [0.25, 0.3) is 22.2 Å². The molecule has 0 atom stereocenters. The number of carboxylic acids is 1. The number of carbonyl (C=O) groups excluding carboxylic acids is 1. The Hall–Kier alpha value is -4.26. The van der Waals surface area contributed by atoms with Gasteiger partial charge < -0.3 is 28.9 Å². The van der Waals surface area contributed by atoms with E-state index in [4.69, 9.17) is 9.47 Å². The fourth-order valence-corrected chi connectivity index (χ4v) is 9.32. The maximum atomic E-state index is 12.6. The number of ether oxygens (including phenoxy) is 2. The van der Waals surface area contributed by atoms with Crippen LogP contribution in [0.5, 0.6) is 11.5 Å². The highest BCUT2D eigenvalue weighted by Gasteiger charge is 2.31. The molecule has 8 rings (SSSR count). The number of carbonyl (C=O) groups is 2. The number of halogens is 1.